The maximum Gasteiger partial charge on any atom is 0.185 e. The highest BCUT2D eigenvalue weighted by molar-refractivity contribution is 6.35. The lowest BCUT2D eigenvalue weighted by atomic mass is 10.1. The SMILES string of the molecule is CCCn1nccc1C(=O)Cc1ccc(Cl)cc1Cl. The molecule has 0 amide bonds. The lowest BCUT2D eigenvalue weighted by Crippen LogP contribution is -2.12. The van der Waals surface area contributed by atoms with Crippen molar-refractivity contribution >= 4 is 29.0 Å². The molecule has 1 aromatic heterocycles. The Hall–Kier alpha value is -1.32. The summed E-state index contributed by atoms with van der Waals surface area (Å²) in [4.78, 5) is 12.3. The Morgan fingerprint density at radius 1 is 1.32 bits per heavy atom. The van der Waals surface area contributed by atoms with E-state index < -0.39 is 0 Å². The fourth-order valence-corrected chi connectivity index (χ4v) is 2.36. The smallest absolute Gasteiger partial charge is 0.185 e. The van der Waals surface area contributed by atoms with Crippen molar-refractivity contribution in [3.63, 3.8) is 0 Å². The molecule has 0 radical (unpaired) electrons. The van der Waals surface area contributed by atoms with Gasteiger partial charge in [0.15, 0.2) is 5.78 Å². The van der Waals surface area contributed by atoms with E-state index >= 15 is 0 Å². The van der Waals surface area contributed by atoms with Crippen LogP contribution in [0.3, 0.4) is 0 Å². The van der Waals surface area contributed by atoms with Crippen LogP contribution in [0, 0.1) is 0 Å². The third-order valence-electron chi connectivity index (χ3n) is 2.80. The van der Waals surface area contributed by atoms with E-state index in [0.29, 0.717) is 15.7 Å². The second-order valence-corrected chi connectivity index (χ2v) is 5.12. The van der Waals surface area contributed by atoms with Gasteiger partial charge in [0, 0.05) is 29.2 Å². The molecule has 0 aliphatic rings. The van der Waals surface area contributed by atoms with E-state index in [-0.39, 0.29) is 12.2 Å². The van der Waals surface area contributed by atoms with E-state index in [4.69, 9.17) is 23.2 Å². The molecule has 1 aromatic carbocycles. The first kappa shape index (κ1) is 14.1. The summed E-state index contributed by atoms with van der Waals surface area (Å²) < 4.78 is 1.73. The van der Waals surface area contributed by atoms with Gasteiger partial charge in [-0.2, -0.15) is 5.10 Å². The van der Waals surface area contributed by atoms with E-state index in [1.54, 1.807) is 35.1 Å². The van der Waals surface area contributed by atoms with E-state index in [1.807, 2.05) is 6.92 Å². The fourth-order valence-electron chi connectivity index (χ4n) is 1.89. The molecule has 0 atom stereocenters. The summed E-state index contributed by atoms with van der Waals surface area (Å²) in [6, 6.07) is 6.90. The minimum absolute atomic E-state index is 0.00942. The Bertz CT molecular complexity index is 593. The predicted octanol–water partition coefficient (Wildman–Crippen LogP) is 4.03. The van der Waals surface area contributed by atoms with Crippen molar-refractivity contribution < 1.29 is 4.79 Å². The Morgan fingerprint density at radius 3 is 2.79 bits per heavy atom. The van der Waals surface area contributed by atoms with Crippen molar-refractivity contribution in [2.75, 3.05) is 0 Å². The number of hydrogen-bond donors (Lipinski definition) is 0. The van der Waals surface area contributed by atoms with Crippen molar-refractivity contribution in [1.29, 1.82) is 0 Å². The zero-order valence-corrected chi connectivity index (χ0v) is 12.1. The van der Waals surface area contributed by atoms with Crippen molar-refractivity contribution in [3.05, 3.63) is 51.8 Å². The topological polar surface area (TPSA) is 34.9 Å². The van der Waals surface area contributed by atoms with Gasteiger partial charge in [0.05, 0.1) is 0 Å². The molecule has 3 nitrogen and oxygen atoms in total. The molecular formula is C14H14Cl2N2O. The van der Waals surface area contributed by atoms with E-state index in [9.17, 15) is 4.79 Å². The third kappa shape index (κ3) is 3.37. The zero-order chi connectivity index (χ0) is 13.8. The third-order valence-corrected chi connectivity index (χ3v) is 3.39. The van der Waals surface area contributed by atoms with Crippen LogP contribution < -0.4 is 0 Å². The minimum Gasteiger partial charge on any atom is -0.292 e. The van der Waals surface area contributed by atoms with Gasteiger partial charge in [0.25, 0.3) is 0 Å². The van der Waals surface area contributed by atoms with Crippen molar-refractivity contribution in [2.24, 2.45) is 0 Å². The maximum absolute atomic E-state index is 12.3. The number of halogens is 2. The zero-order valence-electron chi connectivity index (χ0n) is 10.6. The van der Waals surface area contributed by atoms with Crippen molar-refractivity contribution in [3.8, 4) is 0 Å². The molecule has 2 rings (SSSR count). The molecule has 0 saturated heterocycles. The molecule has 0 bridgehead atoms. The average molecular weight is 297 g/mol. The monoisotopic (exact) mass is 296 g/mol. The molecule has 2 aromatic rings. The summed E-state index contributed by atoms with van der Waals surface area (Å²) in [5.41, 5.74) is 1.40. The summed E-state index contributed by atoms with van der Waals surface area (Å²) in [5, 5.41) is 5.23. The number of carbonyl (C=O) groups excluding carboxylic acids is 1. The van der Waals surface area contributed by atoms with Crippen LogP contribution in [-0.2, 0) is 13.0 Å². The van der Waals surface area contributed by atoms with Crippen LogP contribution in [0.4, 0.5) is 0 Å². The summed E-state index contributed by atoms with van der Waals surface area (Å²) in [7, 11) is 0. The largest absolute Gasteiger partial charge is 0.292 e. The Kier molecular flexibility index (Phi) is 4.61. The highest BCUT2D eigenvalue weighted by Gasteiger charge is 2.14. The van der Waals surface area contributed by atoms with Gasteiger partial charge in [-0.05, 0) is 30.2 Å². The molecule has 19 heavy (non-hydrogen) atoms. The number of hydrogen-bond acceptors (Lipinski definition) is 2. The van der Waals surface area contributed by atoms with Gasteiger partial charge in [-0.15, -0.1) is 0 Å². The minimum atomic E-state index is 0.00942. The van der Waals surface area contributed by atoms with Gasteiger partial charge < -0.3 is 0 Å². The summed E-state index contributed by atoms with van der Waals surface area (Å²) in [5.74, 6) is 0.00942. The fraction of sp³-hybridized carbons (Fsp3) is 0.286. The van der Waals surface area contributed by atoms with Crippen LogP contribution in [0.2, 0.25) is 10.0 Å². The standard InChI is InChI=1S/C14H14Cl2N2O/c1-2-7-18-13(5-6-17-18)14(19)8-10-3-4-11(15)9-12(10)16/h3-6,9H,2,7-8H2,1H3. The number of aromatic nitrogens is 2. The van der Waals surface area contributed by atoms with Crippen molar-refractivity contribution in [2.45, 2.75) is 26.3 Å². The van der Waals surface area contributed by atoms with Crippen molar-refractivity contribution in [1.82, 2.24) is 9.78 Å². The molecule has 0 aliphatic heterocycles. The second kappa shape index (κ2) is 6.22. The molecule has 1 heterocycles. The Labute approximate surface area is 122 Å². The lowest BCUT2D eigenvalue weighted by Gasteiger charge is -2.07. The molecule has 0 unspecified atom stereocenters. The number of aryl methyl sites for hydroxylation is 1. The van der Waals surface area contributed by atoms with Crippen LogP contribution in [-0.4, -0.2) is 15.6 Å². The first-order valence-electron chi connectivity index (χ1n) is 6.10. The number of Topliss-reactive ketones (excluding diaryl/α,β-unsaturated/α-hetero) is 1. The molecule has 0 saturated carbocycles. The lowest BCUT2D eigenvalue weighted by molar-refractivity contribution is 0.0982. The van der Waals surface area contributed by atoms with Crippen LogP contribution >= 0.6 is 23.2 Å². The van der Waals surface area contributed by atoms with Gasteiger partial charge in [0.1, 0.15) is 5.69 Å². The van der Waals surface area contributed by atoms with Gasteiger partial charge in [-0.1, -0.05) is 36.2 Å². The van der Waals surface area contributed by atoms with Gasteiger partial charge >= 0.3 is 0 Å². The average Bonchev–Trinajstić information content (AvgIpc) is 2.81. The normalized spacial score (nSPS) is 10.7. The Balaban J connectivity index is 2.18. The summed E-state index contributed by atoms with van der Waals surface area (Å²) in [6.45, 7) is 2.79. The molecule has 0 spiro atoms. The molecule has 100 valence electrons. The number of carbonyl (C=O) groups is 1. The Morgan fingerprint density at radius 2 is 2.11 bits per heavy atom. The summed E-state index contributed by atoms with van der Waals surface area (Å²) >= 11 is 11.9. The molecular weight excluding hydrogens is 283 g/mol. The van der Waals surface area contributed by atoms with Crippen LogP contribution in [0.25, 0.3) is 0 Å². The predicted molar refractivity (Wildman–Crippen MR) is 77.0 cm³/mol. The van der Waals surface area contributed by atoms with E-state index in [0.717, 1.165) is 18.5 Å². The number of ketones is 1. The maximum atomic E-state index is 12.3. The van der Waals surface area contributed by atoms with Gasteiger partial charge in [-0.3, -0.25) is 9.48 Å². The van der Waals surface area contributed by atoms with Gasteiger partial charge in [0.2, 0.25) is 0 Å². The van der Waals surface area contributed by atoms with Crippen LogP contribution in [0.1, 0.15) is 29.4 Å². The molecule has 0 aliphatic carbocycles. The molecule has 0 N–H and O–H groups in total. The van der Waals surface area contributed by atoms with E-state index in [1.165, 1.54) is 0 Å². The highest BCUT2D eigenvalue weighted by atomic mass is 35.5. The van der Waals surface area contributed by atoms with Gasteiger partial charge in [-0.25, -0.2) is 0 Å². The van der Waals surface area contributed by atoms with Crippen LogP contribution in [0.5, 0.6) is 0 Å². The number of nitrogens with zero attached hydrogens (tertiary/aromatic N) is 2. The highest BCUT2D eigenvalue weighted by Crippen LogP contribution is 2.22. The first-order chi connectivity index (χ1) is 9.11. The van der Waals surface area contributed by atoms with E-state index in [2.05, 4.69) is 5.10 Å². The quantitative estimate of drug-likeness (QED) is 0.781. The number of rotatable bonds is 5. The first-order valence-corrected chi connectivity index (χ1v) is 6.86. The second-order valence-electron chi connectivity index (χ2n) is 4.28. The molecule has 0 fully saturated rings. The molecule has 5 heteroatoms. The number of benzene rings is 1. The van der Waals surface area contributed by atoms with Crippen LogP contribution in [0.15, 0.2) is 30.5 Å². The summed E-state index contributed by atoms with van der Waals surface area (Å²) in [6.07, 6.45) is 2.83.